The highest BCUT2D eigenvalue weighted by molar-refractivity contribution is 6.16. The Balaban J connectivity index is 1.01. The third-order valence-corrected chi connectivity index (χ3v) is 12.5. The summed E-state index contributed by atoms with van der Waals surface area (Å²) in [5, 5.41) is 6.64. The average Bonchev–Trinajstić information content (AvgIpc) is 3.95. The Kier molecular flexibility index (Phi) is 9.99. The number of hydrogen-bond acceptors (Lipinski definition) is 3. The normalized spacial score (nSPS) is 11.9. The molecule has 2 heterocycles. The van der Waals surface area contributed by atoms with Crippen LogP contribution < -0.4 is 4.90 Å². The van der Waals surface area contributed by atoms with Gasteiger partial charge in [-0.2, -0.15) is 0 Å². The van der Waals surface area contributed by atoms with Crippen molar-refractivity contribution in [3.05, 3.63) is 249 Å². The van der Waals surface area contributed by atoms with Crippen molar-refractivity contribution >= 4 is 83.7 Å². The molecule has 0 saturated carbocycles. The van der Waals surface area contributed by atoms with Gasteiger partial charge in [-0.15, -0.1) is 0 Å². The smallest absolute Gasteiger partial charge is 0.143 e. The Morgan fingerprint density at radius 2 is 1.11 bits per heavy atom. The van der Waals surface area contributed by atoms with Gasteiger partial charge in [-0.25, -0.2) is 0 Å². The van der Waals surface area contributed by atoms with E-state index < -0.39 is 0 Å². The van der Waals surface area contributed by atoms with E-state index in [1.165, 1.54) is 0 Å². The molecule has 0 aliphatic rings. The van der Waals surface area contributed by atoms with Gasteiger partial charge in [0.25, 0.3) is 0 Å². The minimum atomic E-state index is 0.847. The molecule has 11 aromatic rings. The number of furan rings is 2. The molecule has 0 unspecified atom stereocenters. The number of hydrogen-bond donors (Lipinski definition) is 0. The van der Waals surface area contributed by atoms with E-state index in [0.29, 0.717) is 0 Å². The number of benzene rings is 9. The number of anilines is 2. The van der Waals surface area contributed by atoms with Crippen molar-refractivity contribution in [2.45, 2.75) is 0 Å². The summed E-state index contributed by atoms with van der Waals surface area (Å²) in [6.07, 6.45) is 12.0. The van der Waals surface area contributed by atoms with Gasteiger partial charge in [0.05, 0.1) is 5.69 Å². The van der Waals surface area contributed by atoms with E-state index in [1.807, 2.05) is 36.4 Å². The van der Waals surface area contributed by atoms with E-state index in [-0.39, 0.29) is 0 Å². The zero-order chi connectivity index (χ0) is 43.9. The Morgan fingerprint density at radius 1 is 0.446 bits per heavy atom. The van der Waals surface area contributed by atoms with Crippen LogP contribution >= 0.6 is 0 Å². The lowest BCUT2D eigenvalue weighted by Gasteiger charge is -2.24. The van der Waals surface area contributed by atoms with Crippen LogP contribution in [0.25, 0.3) is 106 Å². The number of para-hydroxylation sites is 3. The topological polar surface area (TPSA) is 29.5 Å². The maximum absolute atomic E-state index is 6.52. The van der Waals surface area contributed by atoms with Gasteiger partial charge < -0.3 is 13.7 Å². The first-order valence-corrected chi connectivity index (χ1v) is 21.8. The zero-order valence-corrected chi connectivity index (χ0v) is 35.7. The molecule has 0 bridgehead atoms. The number of nitrogens with zero attached hydrogens (tertiary/aromatic N) is 1. The summed E-state index contributed by atoms with van der Waals surface area (Å²) in [6.45, 7) is 12.2. The van der Waals surface area contributed by atoms with Crippen LogP contribution in [-0.4, -0.2) is 0 Å². The minimum Gasteiger partial charge on any atom is -0.455 e. The van der Waals surface area contributed by atoms with Crippen molar-refractivity contribution in [1.29, 1.82) is 0 Å². The van der Waals surface area contributed by atoms with Crippen LogP contribution in [0.5, 0.6) is 0 Å². The number of fused-ring (bicyclic) bond motifs is 8. The van der Waals surface area contributed by atoms with Crippen molar-refractivity contribution in [3.8, 4) is 33.4 Å². The number of allylic oxidation sites excluding steroid dienone is 4. The van der Waals surface area contributed by atoms with Gasteiger partial charge in [0.1, 0.15) is 22.3 Å². The zero-order valence-electron chi connectivity index (χ0n) is 35.7. The molecular formula is C62H43NO2. The first-order valence-electron chi connectivity index (χ1n) is 21.8. The van der Waals surface area contributed by atoms with Crippen molar-refractivity contribution in [2.75, 3.05) is 4.90 Å². The highest BCUT2D eigenvalue weighted by Gasteiger charge is 2.17. The van der Waals surface area contributed by atoms with Crippen molar-refractivity contribution in [1.82, 2.24) is 0 Å². The van der Waals surface area contributed by atoms with Crippen LogP contribution in [0.3, 0.4) is 0 Å². The molecule has 11 rings (SSSR count). The lowest BCUT2D eigenvalue weighted by Crippen LogP contribution is -2.09. The largest absolute Gasteiger partial charge is 0.455 e. The average molecular weight is 834 g/mol. The molecule has 308 valence electrons. The van der Waals surface area contributed by atoms with Gasteiger partial charge in [0, 0.05) is 49.9 Å². The molecule has 0 radical (unpaired) electrons. The molecule has 65 heavy (non-hydrogen) atoms. The maximum Gasteiger partial charge on any atom is 0.143 e. The summed E-state index contributed by atoms with van der Waals surface area (Å²) < 4.78 is 13.0. The SMILES string of the molecule is C=C/C(=C\C=C\N(c1ccc(-c2cccc(-c3ccc(C=C)c(C=C)c3)c2)cc1)c1ccccc1-c1ccc2oc3c4ccccc4ccc3c2c1)c1cccc2c1oc1ccccc12. The lowest BCUT2D eigenvalue weighted by atomic mass is 9.96. The second-order valence-electron chi connectivity index (χ2n) is 16.2. The monoisotopic (exact) mass is 833 g/mol. The molecular weight excluding hydrogens is 791 g/mol. The van der Waals surface area contributed by atoms with Crippen molar-refractivity contribution in [2.24, 2.45) is 0 Å². The fourth-order valence-electron chi connectivity index (χ4n) is 9.19. The van der Waals surface area contributed by atoms with E-state index in [1.54, 1.807) is 0 Å². The molecule has 0 aliphatic carbocycles. The molecule has 0 aliphatic heterocycles. The molecule has 2 aromatic heterocycles. The highest BCUT2D eigenvalue weighted by Crippen LogP contribution is 2.41. The van der Waals surface area contributed by atoms with E-state index >= 15 is 0 Å². The van der Waals surface area contributed by atoms with Gasteiger partial charge in [-0.1, -0.05) is 178 Å². The van der Waals surface area contributed by atoms with Crippen molar-refractivity contribution < 1.29 is 8.83 Å². The lowest BCUT2D eigenvalue weighted by molar-refractivity contribution is 0.668. The van der Waals surface area contributed by atoms with E-state index in [9.17, 15) is 0 Å². The molecule has 0 N–H and O–H groups in total. The van der Waals surface area contributed by atoms with Gasteiger partial charge in [0.2, 0.25) is 0 Å². The molecule has 0 fully saturated rings. The van der Waals surface area contributed by atoms with Crippen LogP contribution in [-0.2, 0) is 0 Å². The molecule has 0 atom stereocenters. The summed E-state index contributed by atoms with van der Waals surface area (Å²) >= 11 is 0. The molecule has 0 spiro atoms. The predicted molar refractivity (Wildman–Crippen MR) is 277 cm³/mol. The van der Waals surface area contributed by atoms with E-state index in [0.717, 1.165) is 122 Å². The van der Waals surface area contributed by atoms with Crippen molar-refractivity contribution in [3.63, 3.8) is 0 Å². The standard InChI is InChI=1S/C62H43NO2/c1-4-41-27-28-48(38-43(41)6-3)47-18-13-17-46(39-47)44-29-33-50(34-30-44)63(37-15-19-42(5-2)52-23-14-24-55-54-22-10-12-26-59(54)64-61(52)55)58-25-11-9-20-51(58)49-32-36-60-57(40-49)56-35-31-45-16-7-8-21-53(45)62(56)65-60/h4-40H,1-3H2/b37-15+,42-19+. The van der Waals surface area contributed by atoms with Crippen LogP contribution in [0.1, 0.15) is 16.7 Å². The van der Waals surface area contributed by atoms with E-state index in [2.05, 4.69) is 213 Å². The predicted octanol–water partition coefficient (Wildman–Crippen LogP) is 17.8. The summed E-state index contributed by atoms with van der Waals surface area (Å²) in [5.74, 6) is 0. The van der Waals surface area contributed by atoms with Gasteiger partial charge in [-0.05, 0) is 111 Å². The van der Waals surface area contributed by atoms with E-state index in [4.69, 9.17) is 8.83 Å². The van der Waals surface area contributed by atoms with Crippen LogP contribution in [0, 0.1) is 0 Å². The Labute approximate surface area is 378 Å². The Hall–Kier alpha value is -8.66. The minimum absolute atomic E-state index is 0.847. The van der Waals surface area contributed by atoms with Crippen LogP contribution in [0.4, 0.5) is 11.4 Å². The number of rotatable bonds is 11. The first kappa shape index (κ1) is 39.2. The summed E-state index contributed by atoms with van der Waals surface area (Å²) in [5.41, 5.74) is 16.3. The summed E-state index contributed by atoms with van der Waals surface area (Å²) in [7, 11) is 0. The Bertz CT molecular complexity index is 3720. The van der Waals surface area contributed by atoms with Gasteiger partial charge in [0.15, 0.2) is 0 Å². The molecule has 9 aromatic carbocycles. The van der Waals surface area contributed by atoms with Gasteiger partial charge in [-0.3, -0.25) is 0 Å². The molecule has 3 heteroatoms. The van der Waals surface area contributed by atoms with Gasteiger partial charge >= 0.3 is 0 Å². The fourth-order valence-corrected chi connectivity index (χ4v) is 9.19. The Morgan fingerprint density at radius 3 is 1.95 bits per heavy atom. The quantitative estimate of drug-likeness (QED) is 0.122. The van der Waals surface area contributed by atoms with Crippen LogP contribution in [0.15, 0.2) is 241 Å². The van der Waals surface area contributed by atoms with Crippen LogP contribution in [0.2, 0.25) is 0 Å². The molecule has 0 saturated heterocycles. The first-order chi connectivity index (χ1) is 32.1. The molecule has 3 nitrogen and oxygen atoms in total. The second-order valence-corrected chi connectivity index (χ2v) is 16.2. The second kappa shape index (κ2) is 16.6. The third-order valence-electron chi connectivity index (χ3n) is 12.5. The highest BCUT2D eigenvalue weighted by atomic mass is 16.3. The maximum atomic E-state index is 6.52. The summed E-state index contributed by atoms with van der Waals surface area (Å²) in [6, 6.07) is 66.3. The summed E-state index contributed by atoms with van der Waals surface area (Å²) in [4.78, 5) is 2.26. The molecule has 0 amide bonds. The third kappa shape index (κ3) is 7.06. The fraction of sp³-hybridized carbons (Fsp3) is 0.